The number of amides is 2. The minimum absolute atomic E-state index is 0.193. The first-order chi connectivity index (χ1) is 14.5. The molecule has 1 heterocycles. The molecule has 31 heavy (non-hydrogen) atoms. The number of aromatic nitrogens is 1. The molecule has 162 valence electrons. The van der Waals surface area contributed by atoms with E-state index < -0.39 is 53.0 Å². The zero-order valence-electron chi connectivity index (χ0n) is 16.2. The lowest BCUT2D eigenvalue weighted by Crippen LogP contribution is -2.31. The molecular formula is C21H17F4N3O3. The third kappa shape index (κ3) is 4.42. The predicted octanol–water partition coefficient (Wildman–Crippen LogP) is 3.39. The van der Waals surface area contributed by atoms with Gasteiger partial charge in [0.2, 0.25) is 11.8 Å². The van der Waals surface area contributed by atoms with Gasteiger partial charge >= 0.3 is 6.18 Å². The molecule has 3 N–H and O–H groups in total. The number of fused-ring (bicyclic) bond motifs is 1. The van der Waals surface area contributed by atoms with E-state index in [0.29, 0.717) is 11.5 Å². The van der Waals surface area contributed by atoms with Crippen LogP contribution < -0.4 is 16.6 Å². The van der Waals surface area contributed by atoms with E-state index in [0.717, 1.165) is 16.7 Å². The first-order valence-corrected chi connectivity index (χ1v) is 9.08. The fraction of sp³-hybridized carbons (Fsp3) is 0.190. The van der Waals surface area contributed by atoms with Crippen molar-refractivity contribution in [1.82, 2.24) is 4.57 Å². The highest BCUT2D eigenvalue weighted by Gasteiger charge is 2.35. The Labute approximate surface area is 173 Å². The number of hydrogen-bond acceptors (Lipinski definition) is 3. The van der Waals surface area contributed by atoms with Gasteiger partial charge in [0.1, 0.15) is 11.9 Å². The van der Waals surface area contributed by atoms with Crippen LogP contribution in [0.5, 0.6) is 0 Å². The van der Waals surface area contributed by atoms with E-state index in [2.05, 4.69) is 5.32 Å². The number of hydrogen-bond donors (Lipinski definition) is 2. The Hall–Kier alpha value is -3.69. The topological polar surface area (TPSA) is 94.2 Å². The molecule has 0 aliphatic rings. The molecule has 1 atom stereocenters. The van der Waals surface area contributed by atoms with Crippen LogP contribution in [0.1, 0.15) is 24.1 Å². The first-order valence-electron chi connectivity index (χ1n) is 9.08. The van der Waals surface area contributed by atoms with Gasteiger partial charge in [0.05, 0.1) is 12.0 Å². The number of benzene rings is 2. The van der Waals surface area contributed by atoms with E-state index in [1.807, 2.05) is 0 Å². The van der Waals surface area contributed by atoms with Gasteiger partial charge in [-0.05, 0) is 36.8 Å². The molecule has 1 aromatic heterocycles. The molecule has 1 unspecified atom stereocenters. The Morgan fingerprint density at radius 2 is 1.77 bits per heavy atom. The summed E-state index contributed by atoms with van der Waals surface area (Å²) in [6.45, 7) is 1.46. The highest BCUT2D eigenvalue weighted by Crippen LogP contribution is 2.32. The smallest absolute Gasteiger partial charge is 0.368 e. The van der Waals surface area contributed by atoms with E-state index in [-0.39, 0.29) is 11.1 Å². The molecule has 2 amide bonds. The maximum absolute atomic E-state index is 14.2. The number of alkyl halides is 3. The summed E-state index contributed by atoms with van der Waals surface area (Å²) in [6, 6.07) is 7.79. The van der Waals surface area contributed by atoms with Crippen LogP contribution in [-0.4, -0.2) is 16.4 Å². The summed E-state index contributed by atoms with van der Waals surface area (Å²) < 4.78 is 53.9. The second-order valence-corrected chi connectivity index (χ2v) is 6.87. The molecule has 6 nitrogen and oxygen atoms in total. The van der Waals surface area contributed by atoms with Crippen molar-refractivity contribution in [3.05, 3.63) is 76.0 Å². The van der Waals surface area contributed by atoms with E-state index in [1.54, 1.807) is 0 Å². The number of carbonyl (C=O) groups is 2. The van der Waals surface area contributed by atoms with Gasteiger partial charge in [0.25, 0.3) is 5.56 Å². The number of nitrogens with one attached hydrogen (secondary N) is 1. The van der Waals surface area contributed by atoms with Crippen molar-refractivity contribution in [1.29, 1.82) is 0 Å². The minimum Gasteiger partial charge on any atom is -0.368 e. The van der Waals surface area contributed by atoms with Gasteiger partial charge in [-0.25, -0.2) is 4.39 Å². The van der Waals surface area contributed by atoms with Crippen LogP contribution in [0.2, 0.25) is 0 Å². The lowest BCUT2D eigenvalue weighted by atomic mass is 10.1. The first kappa shape index (κ1) is 22.0. The molecule has 10 heteroatoms. The zero-order chi connectivity index (χ0) is 22.9. The van der Waals surface area contributed by atoms with E-state index in [1.165, 1.54) is 37.4 Å². The normalized spacial score (nSPS) is 12.5. The molecule has 0 bridgehead atoms. The maximum atomic E-state index is 14.2. The highest BCUT2D eigenvalue weighted by molar-refractivity contribution is 6.02. The lowest BCUT2D eigenvalue weighted by Gasteiger charge is -2.14. The molecule has 0 fully saturated rings. The van der Waals surface area contributed by atoms with Gasteiger partial charge in [-0.3, -0.25) is 14.4 Å². The summed E-state index contributed by atoms with van der Waals surface area (Å²) in [6.07, 6.45) is -4.17. The van der Waals surface area contributed by atoms with Gasteiger partial charge in [0.15, 0.2) is 0 Å². The van der Waals surface area contributed by atoms with Gasteiger partial charge in [-0.2, -0.15) is 13.2 Å². The Kier molecular flexibility index (Phi) is 5.83. The fourth-order valence-electron chi connectivity index (χ4n) is 3.15. The molecule has 3 aromatic rings. The number of halogens is 4. The van der Waals surface area contributed by atoms with Gasteiger partial charge in [-0.1, -0.05) is 18.2 Å². The van der Waals surface area contributed by atoms with Crippen LogP contribution in [0.15, 0.2) is 53.5 Å². The average Bonchev–Trinajstić information content (AvgIpc) is 2.69. The van der Waals surface area contributed by atoms with E-state index in [9.17, 15) is 31.9 Å². The van der Waals surface area contributed by atoms with Crippen molar-refractivity contribution in [3.8, 4) is 0 Å². The molecule has 0 saturated heterocycles. The van der Waals surface area contributed by atoms with Gasteiger partial charge in [0, 0.05) is 22.7 Å². The lowest BCUT2D eigenvalue weighted by molar-refractivity contribution is -0.140. The average molecular weight is 435 g/mol. The fourth-order valence-corrected chi connectivity index (χ4v) is 3.15. The third-order valence-electron chi connectivity index (χ3n) is 4.81. The summed E-state index contributed by atoms with van der Waals surface area (Å²) in [5.74, 6) is -2.97. The number of pyridine rings is 1. The number of carbonyl (C=O) groups excluding carboxylic acids is 2. The molecule has 0 aliphatic carbocycles. The van der Waals surface area contributed by atoms with Crippen molar-refractivity contribution in [2.24, 2.45) is 5.73 Å². The summed E-state index contributed by atoms with van der Waals surface area (Å²) in [5.41, 5.74) is 3.08. The SMILES string of the molecule is CC(C(N)=O)n1ccc2c(NC(=O)Cc3cccc(C(F)(F)F)c3F)cccc2c1=O. The molecule has 0 radical (unpaired) electrons. The van der Waals surface area contributed by atoms with E-state index >= 15 is 0 Å². The molecule has 3 rings (SSSR count). The minimum atomic E-state index is -4.88. The Balaban J connectivity index is 1.91. The predicted molar refractivity (Wildman–Crippen MR) is 106 cm³/mol. The monoisotopic (exact) mass is 435 g/mol. The number of anilines is 1. The van der Waals surface area contributed by atoms with Crippen LogP contribution in [0, 0.1) is 5.82 Å². The molecule has 0 spiro atoms. The van der Waals surface area contributed by atoms with Crippen molar-refractivity contribution in [2.75, 3.05) is 5.32 Å². The molecule has 0 aliphatic heterocycles. The van der Waals surface area contributed by atoms with Crippen LogP contribution in [-0.2, 0) is 22.2 Å². The number of primary amides is 1. The Morgan fingerprint density at radius 3 is 2.42 bits per heavy atom. The zero-order valence-corrected chi connectivity index (χ0v) is 16.2. The number of nitrogens with two attached hydrogens (primary N) is 1. The van der Waals surface area contributed by atoms with Crippen molar-refractivity contribution < 1.29 is 27.2 Å². The van der Waals surface area contributed by atoms with Crippen molar-refractivity contribution in [3.63, 3.8) is 0 Å². The molecular weight excluding hydrogens is 418 g/mol. The summed E-state index contributed by atoms with van der Waals surface area (Å²) >= 11 is 0. The molecule has 2 aromatic carbocycles. The highest BCUT2D eigenvalue weighted by atomic mass is 19.4. The second-order valence-electron chi connectivity index (χ2n) is 6.87. The number of nitrogens with zero attached hydrogens (tertiary/aromatic N) is 1. The second kappa shape index (κ2) is 8.21. The van der Waals surface area contributed by atoms with Crippen LogP contribution in [0.25, 0.3) is 10.8 Å². The summed E-state index contributed by atoms with van der Waals surface area (Å²) in [7, 11) is 0. The summed E-state index contributed by atoms with van der Waals surface area (Å²) in [4.78, 5) is 36.4. The van der Waals surface area contributed by atoms with E-state index in [4.69, 9.17) is 5.73 Å². The van der Waals surface area contributed by atoms with Crippen LogP contribution in [0.4, 0.5) is 23.2 Å². The Morgan fingerprint density at radius 1 is 1.10 bits per heavy atom. The Bertz CT molecular complexity index is 1230. The number of rotatable bonds is 5. The largest absolute Gasteiger partial charge is 0.419 e. The van der Waals surface area contributed by atoms with Gasteiger partial charge < -0.3 is 15.6 Å². The van der Waals surface area contributed by atoms with Crippen LogP contribution >= 0.6 is 0 Å². The van der Waals surface area contributed by atoms with Crippen molar-refractivity contribution >= 4 is 28.3 Å². The molecule has 0 saturated carbocycles. The quantitative estimate of drug-likeness (QED) is 0.602. The maximum Gasteiger partial charge on any atom is 0.419 e. The van der Waals surface area contributed by atoms with Gasteiger partial charge in [-0.15, -0.1) is 0 Å². The van der Waals surface area contributed by atoms with Crippen LogP contribution in [0.3, 0.4) is 0 Å². The third-order valence-corrected chi connectivity index (χ3v) is 4.81. The summed E-state index contributed by atoms with van der Waals surface area (Å²) in [5, 5.41) is 3.03. The standard InChI is InChI=1S/C21H17F4N3O3/c1-11(19(26)30)28-9-8-13-14(20(28)31)5-3-7-16(13)27-17(29)10-12-4-2-6-15(18(12)22)21(23,24)25/h2-9,11H,10H2,1H3,(H2,26,30)(H,27,29). The van der Waals surface area contributed by atoms with Crippen molar-refractivity contribution in [2.45, 2.75) is 25.6 Å².